The Morgan fingerprint density at radius 3 is 3.21 bits per heavy atom. The molecule has 0 spiro atoms. The smallest absolute Gasteiger partial charge is 0.345 e. The lowest BCUT2D eigenvalue weighted by molar-refractivity contribution is -0.118. The summed E-state index contributed by atoms with van der Waals surface area (Å²) in [5.74, 6) is 0.687. The number of aromatic nitrogens is 1. The Labute approximate surface area is 143 Å². The van der Waals surface area contributed by atoms with Crippen LogP contribution in [0, 0.1) is 0 Å². The molecule has 2 amide bonds. The molecule has 1 radical (unpaired) electrons. The minimum Gasteiger partial charge on any atom is -0.397 e. The van der Waals surface area contributed by atoms with Gasteiger partial charge in [-0.1, -0.05) is 6.08 Å². The summed E-state index contributed by atoms with van der Waals surface area (Å²) in [6.45, 7) is 5.63. The molecule has 24 heavy (non-hydrogen) atoms. The second kappa shape index (κ2) is 6.02. The van der Waals surface area contributed by atoms with E-state index in [1.54, 1.807) is 21.3 Å². The van der Waals surface area contributed by atoms with Crippen LogP contribution in [-0.4, -0.2) is 71.5 Å². The molecule has 3 aliphatic heterocycles. The first-order valence-electron chi connectivity index (χ1n) is 7.62. The van der Waals surface area contributed by atoms with E-state index >= 15 is 0 Å². The molecule has 2 atom stereocenters. The molecule has 0 saturated carbocycles. The highest BCUT2D eigenvalue weighted by Gasteiger charge is 2.52. The van der Waals surface area contributed by atoms with Crippen molar-refractivity contribution in [1.29, 1.82) is 0 Å². The van der Waals surface area contributed by atoms with Gasteiger partial charge in [-0.25, -0.2) is 9.78 Å². The maximum absolute atomic E-state index is 12.8. The van der Waals surface area contributed by atoms with Crippen LogP contribution in [0.1, 0.15) is 22.7 Å². The van der Waals surface area contributed by atoms with Crippen molar-refractivity contribution in [3.05, 3.63) is 28.7 Å². The van der Waals surface area contributed by atoms with Crippen molar-refractivity contribution in [3.8, 4) is 0 Å². The summed E-state index contributed by atoms with van der Waals surface area (Å²) in [5.41, 5.74) is 2.60. The van der Waals surface area contributed by atoms with Crippen LogP contribution in [0.4, 0.5) is 4.79 Å². The number of hydrogen-bond acceptors (Lipinski definition) is 7. The molecule has 3 aliphatic rings. The van der Waals surface area contributed by atoms with Crippen molar-refractivity contribution < 1.29 is 14.4 Å². The largest absolute Gasteiger partial charge is 0.397 e. The highest BCUT2D eigenvalue weighted by Crippen LogP contribution is 2.46. The second-order valence-corrected chi connectivity index (χ2v) is 6.47. The van der Waals surface area contributed by atoms with Gasteiger partial charge in [-0.05, 0) is 0 Å². The minimum absolute atomic E-state index is 0.165. The fraction of sp³-hybridized carbons (Fsp3) is 0.429. The van der Waals surface area contributed by atoms with Gasteiger partial charge in [-0.15, -0.1) is 17.9 Å². The van der Waals surface area contributed by atoms with E-state index < -0.39 is 0 Å². The molecule has 4 heterocycles. The number of hydroxylamine groups is 2. The van der Waals surface area contributed by atoms with E-state index in [1.807, 2.05) is 0 Å². The van der Waals surface area contributed by atoms with Gasteiger partial charge in [0, 0.05) is 6.54 Å². The number of amides is 2. The van der Waals surface area contributed by atoms with Gasteiger partial charge in [0.05, 0.1) is 35.8 Å². The molecule has 1 aromatic rings. The molecular weight excluding hydrogens is 329 g/mol. The fourth-order valence-electron chi connectivity index (χ4n) is 3.36. The highest BCUT2D eigenvalue weighted by molar-refractivity contribution is 7.09. The van der Waals surface area contributed by atoms with Crippen LogP contribution in [0.5, 0.6) is 0 Å². The zero-order chi connectivity index (χ0) is 16.7. The van der Waals surface area contributed by atoms with Crippen LogP contribution in [0.15, 0.2) is 23.2 Å². The minimum atomic E-state index is -0.383. The van der Waals surface area contributed by atoms with Crippen molar-refractivity contribution in [2.75, 3.05) is 26.2 Å². The Balaban J connectivity index is 1.72. The zero-order valence-electron chi connectivity index (χ0n) is 12.9. The number of aliphatic imine (C=N–C) groups is 1. The maximum Gasteiger partial charge on any atom is 0.345 e. The van der Waals surface area contributed by atoms with Gasteiger partial charge < -0.3 is 14.5 Å². The lowest BCUT2D eigenvalue weighted by Crippen LogP contribution is -2.45. The van der Waals surface area contributed by atoms with E-state index in [0.717, 1.165) is 16.8 Å². The summed E-state index contributed by atoms with van der Waals surface area (Å²) < 4.78 is 0. The molecule has 123 valence electrons. The van der Waals surface area contributed by atoms with Crippen molar-refractivity contribution in [1.82, 2.24) is 19.8 Å². The van der Waals surface area contributed by atoms with Crippen LogP contribution >= 0.6 is 11.3 Å². The summed E-state index contributed by atoms with van der Waals surface area (Å²) in [5, 5.41) is 1.40. The summed E-state index contributed by atoms with van der Waals surface area (Å²) in [6.07, 6.45) is 2.34. The normalized spacial score (nSPS) is 24.9. The SMILES string of the molecule is C=CCON1C(=O)N2CC1c1scnc1[C@H]2C1=NCCN1[B]C=O. The van der Waals surface area contributed by atoms with E-state index in [9.17, 15) is 9.59 Å². The molecule has 4 rings (SSSR count). The Kier molecular flexibility index (Phi) is 3.85. The number of carbonyl (C=O) groups excluding carboxylic acids is 2. The standard InChI is InChI=1S/C14H15BN5O3S/c1-2-5-23-20-9-6-18(14(20)22)11(10-12(9)24-8-17-10)13-16-3-4-19(13)15-7-21/h2,7-9,11H,1,3-6H2/t9?,11-/m0/s1. The van der Waals surface area contributed by atoms with Crippen LogP contribution < -0.4 is 0 Å². The first-order valence-corrected chi connectivity index (χ1v) is 8.50. The third-order valence-corrected chi connectivity index (χ3v) is 5.26. The third-order valence-electron chi connectivity index (χ3n) is 4.31. The number of carbonyl (C=O) groups is 2. The molecule has 1 saturated heterocycles. The molecule has 1 fully saturated rings. The molecule has 2 bridgehead atoms. The average molecular weight is 344 g/mol. The van der Waals surface area contributed by atoms with E-state index in [2.05, 4.69) is 16.6 Å². The second-order valence-electron chi connectivity index (χ2n) is 5.58. The van der Waals surface area contributed by atoms with Crippen LogP contribution in [0.3, 0.4) is 0 Å². The van der Waals surface area contributed by atoms with Gasteiger partial charge in [-0.3, -0.25) is 9.83 Å². The number of urea groups is 1. The highest BCUT2D eigenvalue weighted by atomic mass is 32.1. The summed E-state index contributed by atoms with van der Waals surface area (Å²) >= 11 is 1.51. The van der Waals surface area contributed by atoms with Crippen LogP contribution in [0.2, 0.25) is 0 Å². The molecule has 1 aromatic heterocycles. The van der Waals surface area contributed by atoms with Gasteiger partial charge >= 0.3 is 13.4 Å². The van der Waals surface area contributed by atoms with Crippen LogP contribution in [-0.2, 0) is 9.63 Å². The molecule has 0 aromatic carbocycles. The van der Waals surface area contributed by atoms with E-state index in [4.69, 9.17) is 4.84 Å². The third kappa shape index (κ3) is 2.17. The van der Waals surface area contributed by atoms with Gasteiger partial charge in [-0.2, -0.15) is 5.06 Å². The predicted molar refractivity (Wildman–Crippen MR) is 89.2 cm³/mol. The maximum atomic E-state index is 12.8. The van der Waals surface area contributed by atoms with Crippen molar-refractivity contribution in [2.45, 2.75) is 12.1 Å². The number of thiazole rings is 1. The monoisotopic (exact) mass is 344 g/mol. The first kappa shape index (κ1) is 15.3. The van der Waals surface area contributed by atoms with Crippen molar-refractivity contribution >= 4 is 36.8 Å². The van der Waals surface area contributed by atoms with Gasteiger partial charge in [0.25, 0.3) is 0 Å². The van der Waals surface area contributed by atoms with E-state index in [0.29, 0.717) is 25.5 Å². The van der Waals surface area contributed by atoms with Crippen LogP contribution in [0.25, 0.3) is 0 Å². The van der Waals surface area contributed by atoms with Crippen molar-refractivity contribution in [3.63, 3.8) is 0 Å². The molecule has 1 unspecified atom stereocenters. The number of amidine groups is 1. The fourth-order valence-corrected chi connectivity index (χ4v) is 4.25. The van der Waals surface area contributed by atoms with Gasteiger partial charge in [0.1, 0.15) is 24.1 Å². The Morgan fingerprint density at radius 2 is 2.42 bits per heavy atom. The average Bonchev–Trinajstić information content (AvgIpc) is 3.28. The predicted octanol–water partition coefficient (Wildman–Crippen LogP) is 0.618. The zero-order valence-corrected chi connectivity index (χ0v) is 13.7. The number of rotatable bonds is 6. The van der Waals surface area contributed by atoms with Gasteiger partial charge in [0.2, 0.25) is 0 Å². The lowest BCUT2D eigenvalue weighted by atomic mass is 9.91. The number of nitrogens with zero attached hydrogens (tertiary/aromatic N) is 5. The Morgan fingerprint density at radius 1 is 1.54 bits per heavy atom. The molecule has 0 N–H and O–H groups in total. The van der Waals surface area contributed by atoms with E-state index in [1.165, 1.54) is 23.8 Å². The summed E-state index contributed by atoms with van der Waals surface area (Å²) in [4.78, 5) is 42.8. The molecular formula is C14H15BN5O3S. The van der Waals surface area contributed by atoms with Crippen molar-refractivity contribution in [2.24, 2.45) is 4.99 Å². The molecule has 10 heteroatoms. The molecule has 8 nitrogen and oxygen atoms in total. The van der Waals surface area contributed by atoms with Gasteiger partial charge in [0.15, 0.2) is 0 Å². The Bertz CT molecular complexity index is 723. The first-order chi connectivity index (χ1) is 11.8. The number of hydrogen-bond donors (Lipinski definition) is 0. The Hall–Kier alpha value is -2.20. The quantitative estimate of drug-likeness (QED) is 0.429. The summed E-state index contributed by atoms with van der Waals surface area (Å²) in [7, 11) is 1.45. The number of fused-ring (bicyclic) bond motifs is 4. The summed E-state index contributed by atoms with van der Waals surface area (Å²) in [6, 6.07) is -0.759. The lowest BCUT2D eigenvalue weighted by Gasteiger charge is -2.33. The topological polar surface area (TPSA) is 78.3 Å². The molecule has 0 aliphatic carbocycles. The van der Waals surface area contributed by atoms with E-state index in [-0.39, 0.29) is 24.7 Å².